The van der Waals surface area contributed by atoms with Gasteiger partial charge in [-0.25, -0.2) is 0 Å². The van der Waals surface area contributed by atoms with Crippen molar-refractivity contribution in [1.82, 2.24) is 0 Å². The van der Waals surface area contributed by atoms with Gasteiger partial charge in [-0.05, 0) is 85.6 Å². The normalized spacial score (nSPS) is 12.0. The number of nitrogens with one attached hydrogen (secondary N) is 4. The number of carbonyl (C=O) groups is 6. The second-order valence-corrected chi connectivity index (χ2v) is 15.0. The maximum Gasteiger partial charge on any atom is 0.258 e. The van der Waals surface area contributed by atoms with E-state index in [0.717, 1.165) is 13.8 Å². The summed E-state index contributed by atoms with van der Waals surface area (Å²) in [5, 5.41) is 27.0. The van der Waals surface area contributed by atoms with Crippen LogP contribution in [0.1, 0.15) is 45.7 Å². The molecule has 0 aliphatic heterocycles. The van der Waals surface area contributed by atoms with Gasteiger partial charge in [0.05, 0.1) is 37.0 Å². The third-order valence-electron chi connectivity index (χ3n) is 8.99. The zero-order valence-electron chi connectivity index (χ0n) is 34.4. The van der Waals surface area contributed by atoms with E-state index in [1.54, 1.807) is 48.5 Å². The number of carbonyl (C=O) groups excluding carboxylic acids is 6. The molecule has 0 saturated heterocycles. The Balaban J connectivity index is 1.31. The molecule has 0 aliphatic rings. The number of halogens is 4. The Morgan fingerprint density at radius 3 is 1.25 bits per heavy atom. The highest BCUT2D eigenvalue weighted by molar-refractivity contribution is 6.32. The molecule has 0 saturated carbocycles. The van der Waals surface area contributed by atoms with Crippen LogP contribution in [0.15, 0.2) is 118 Å². The predicted molar refractivity (Wildman–Crippen MR) is 246 cm³/mol. The maximum absolute atomic E-state index is 13.5. The molecule has 5 aromatic rings. The zero-order valence-corrected chi connectivity index (χ0v) is 37.4. The molecular formula is C44H38Cl4N8O8. The molecule has 16 nitrogen and oxygen atoms in total. The van der Waals surface area contributed by atoms with E-state index in [1.165, 1.54) is 62.8 Å². The van der Waals surface area contributed by atoms with Gasteiger partial charge in [-0.3, -0.25) is 28.8 Å². The lowest BCUT2D eigenvalue weighted by molar-refractivity contribution is -0.127. The van der Waals surface area contributed by atoms with Gasteiger partial charge in [0, 0.05) is 44.3 Å². The van der Waals surface area contributed by atoms with Crippen molar-refractivity contribution in [3.05, 3.63) is 129 Å². The van der Waals surface area contributed by atoms with Crippen molar-refractivity contribution in [1.29, 1.82) is 0 Å². The Morgan fingerprint density at radius 1 is 0.531 bits per heavy atom. The lowest BCUT2D eigenvalue weighted by atomic mass is 10.1. The predicted octanol–water partition coefficient (Wildman–Crippen LogP) is 10.4. The van der Waals surface area contributed by atoms with Gasteiger partial charge in [-0.1, -0.05) is 59.6 Å². The summed E-state index contributed by atoms with van der Waals surface area (Å²) in [6.07, 6.45) is 0. The van der Waals surface area contributed by atoms with E-state index in [2.05, 4.69) is 41.7 Å². The Labute approximate surface area is 386 Å². The second kappa shape index (κ2) is 22.6. The molecule has 20 heteroatoms. The molecule has 4 N–H and O–H groups in total. The minimum Gasteiger partial charge on any atom is -0.491 e. The van der Waals surface area contributed by atoms with Crippen LogP contribution in [0.5, 0.6) is 11.5 Å². The fourth-order valence-electron chi connectivity index (χ4n) is 5.89. The van der Waals surface area contributed by atoms with Gasteiger partial charge < -0.3 is 30.7 Å². The molecule has 0 aliphatic carbocycles. The highest BCUT2D eigenvalue weighted by atomic mass is 35.5. The van der Waals surface area contributed by atoms with Crippen LogP contribution in [-0.2, 0) is 30.9 Å². The Kier molecular flexibility index (Phi) is 17.0. The first-order chi connectivity index (χ1) is 30.6. The summed E-state index contributed by atoms with van der Waals surface area (Å²) >= 11 is 24.6. The lowest BCUT2D eigenvalue weighted by Crippen LogP contribution is -2.32. The van der Waals surface area contributed by atoms with Crippen molar-refractivity contribution in [2.45, 2.75) is 37.7 Å². The molecule has 2 atom stereocenters. The van der Waals surface area contributed by atoms with Gasteiger partial charge in [0.1, 0.15) is 0 Å². The van der Waals surface area contributed by atoms with E-state index in [0.29, 0.717) is 22.5 Å². The van der Waals surface area contributed by atoms with E-state index in [1.807, 2.05) is 0 Å². The summed E-state index contributed by atoms with van der Waals surface area (Å²) in [7, 11) is 2.54. The summed E-state index contributed by atoms with van der Waals surface area (Å²) in [4.78, 5) is 78.6. The van der Waals surface area contributed by atoms with Gasteiger partial charge in [0.15, 0.2) is 23.1 Å². The Hall–Kier alpha value is -6.72. The van der Waals surface area contributed by atoms with E-state index in [4.69, 9.17) is 55.9 Å². The van der Waals surface area contributed by atoms with E-state index in [9.17, 15) is 28.8 Å². The van der Waals surface area contributed by atoms with Crippen LogP contribution in [-0.4, -0.2) is 61.5 Å². The number of azo groups is 2. The maximum atomic E-state index is 13.5. The van der Waals surface area contributed by atoms with Crippen molar-refractivity contribution in [3.8, 4) is 11.5 Å². The van der Waals surface area contributed by atoms with E-state index < -0.39 is 47.3 Å². The molecule has 0 fully saturated rings. The van der Waals surface area contributed by atoms with Crippen LogP contribution < -0.4 is 30.7 Å². The van der Waals surface area contributed by atoms with Crippen LogP contribution in [0.4, 0.5) is 34.1 Å². The van der Waals surface area contributed by atoms with E-state index in [-0.39, 0.29) is 67.2 Å². The Bertz CT molecular complexity index is 2500. The van der Waals surface area contributed by atoms with Crippen molar-refractivity contribution in [3.63, 3.8) is 0 Å². The number of Topliss-reactive ketones (excluding diaryl/α,β-unsaturated/α-hetero) is 2. The number of ketones is 2. The number of methoxy groups -OCH3 is 2. The van der Waals surface area contributed by atoms with Crippen LogP contribution in [0.2, 0.25) is 10.0 Å². The zero-order chi connectivity index (χ0) is 46.5. The molecular weight excluding hydrogens is 910 g/mol. The van der Waals surface area contributed by atoms with Crippen LogP contribution in [0, 0.1) is 0 Å². The molecule has 2 unspecified atom stereocenters. The molecule has 0 aromatic heterocycles. The summed E-state index contributed by atoms with van der Waals surface area (Å²) in [5.74, 6) is -4.02. The average molecular weight is 949 g/mol. The number of nitrogens with zero attached hydrogens (tertiary/aromatic N) is 4. The summed E-state index contributed by atoms with van der Waals surface area (Å²) < 4.78 is 11.0. The number of hydrogen-bond donors (Lipinski definition) is 4. The van der Waals surface area contributed by atoms with Gasteiger partial charge in [-0.2, -0.15) is 20.5 Å². The topological polar surface area (TPSA) is 218 Å². The van der Waals surface area contributed by atoms with E-state index >= 15 is 0 Å². The molecule has 5 rings (SSSR count). The first-order valence-corrected chi connectivity index (χ1v) is 20.7. The standard InChI is InChI=1S/C44H38Cl4N8O8/c1-23(57)37(55-53-31-17-27(15-29(47)19-31)41(59)49-33-11-7-5-9-25(33)21-45)43(61)51-35-13-14-36(40(64-4)39(35)63-3)52-44(62)38(24(2)58)56-54-32-18-28(16-30(48)20-32)42(60)50-34-12-8-6-10-26(34)22-46/h5-20,37-38H,21-22H2,1-4H3,(H,49,59)(H,50,60)(H,51,61)(H,52,62). The second-order valence-electron chi connectivity index (χ2n) is 13.5. The molecule has 5 aromatic carbocycles. The first-order valence-electron chi connectivity index (χ1n) is 18.9. The van der Waals surface area contributed by atoms with Crippen LogP contribution in [0.3, 0.4) is 0 Å². The largest absolute Gasteiger partial charge is 0.491 e. The van der Waals surface area contributed by atoms with Crippen LogP contribution in [0.25, 0.3) is 0 Å². The van der Waals surface area contributed by atoms with Crippen LogP contribution >= 0.6 is 46.4 Å². The number of rotatable bonds is 18. The molecule has 4 amide bonds. The minimum absolute atomic E-state index is 0.0116. The van der Waals surface area contributed by atoms with Crippen molar-refractivity contribution >= 4 is 116 Å². The number of ether oxygens (including phenoxy) is 2. The van der Waals surface area contributed by atoms with Gasteiger partial charge in [0.2, 0.25) is 12.1 Å². The summed E-state index contributed by atoms with van der Waals surface area (Å²) in [5.41, 5.74) is 2.83. The molecule has 0 heterocycles. The number of alkyl halides is 2. The summed E-state index contributed by atoms with van der Waals surface area (Å²) in [6.45, 7) is 2.28. The molecule has 0 bridgehead atoms. The van der Waals surface area contributed by atoms with Gasteiger partial charge >= 0.3 is 0 Å². The average Bonchev–Trinajstić information content (AvgIpc) is 3.26. The molecule has 64 heavy (non-hydrogen) atoms. The Morgan fingerprint density at radius 2 is 0.906 bits per heavy atom. The third-order valence-corrected chi connectivity index (χ3v) is 10.0. The molecule has 0 spiro atoms. The monoisotopic (exact) mass is 946 g/mol. The molecule has 330 valence electrons. The van der Waals surface area contributed by atoms with Crippen molar-refractivity contribution in [2.24, 2.45) is 20.5 Å². The highest BCUT2D eigenvalue weighted by Crippen LogP contribution is 2.42. The third kappa shape index (κ3) is 12.5. The first kappa shape index (κ1) is 48.3. The number of anilines is 4. The number of hydrogen-bond acceptors (Lipinski definition) is 12. The van der Waals surface area contributed by atoms with Crippen molar-refractivity contribution in [2.75, 3.05) is 35.5 Å². The van der Waals surface area contributed by atoms with Gasteiger partial charge in [-0.15, -0.1) is 23.2 Å². The number of benzene rings is 5. The van der Waals surface area contributed by atoms with Gasteiger partial charge in [0.25, 0.3) is 23.6 Å². The molecule has 0 radical (unpaired) electrons. The lowest BCUT2D eigenvalue weighted by Gasteiger charge is -2.19. The smallest absolute Gasteiger partial charge is 0.258 e. The summed E-state index contributed by atoms with van der Waals surface area (Å²) in [6, 6.07) is 21.7. The van der Waals surface area contributed by atoms with Crippen molar-refractivity contribution < 1.29 is 38.2 Å². The fourth-order valence-corrected chi connectivity index (χ4v) is 6.81. The highest BCUT2D eigenvalue weighted by Gasteiger charge is 2.28. The SMILES string of the molecule is COc1c(NC(=O)C(N=Nc2cc(Cl)cc(C(=O)Nc3ccccc3CCl)c2)C(C)=O)ccc(NC(=O)C(N=Nc2cc(Cl)cc(C(=O)Nc3ccccc3CCl)c2)C(C)=O)c1OC. The number of amides is 4. The fraction of sp³-hybridized carbons (Fsp3) is 0.182. The quantitative estimate of drug-likeness (QED) is 0.0375. The minimum atomic E-state index is -1.67. The number of para-hydroxylation sites is 2.